The molecule has 0 aromatic heterocycles. The highest BCUT2D eigenvalue weighted by Gasteiger charge is 2.41. The maximum Gasteiger partial charge on any atom is 0.501 e. The Hall–Kier alpha value is 0.407. The second-order valence-electron chi connectivity index (χ2n) is 10.4. The molecule has 0 radical (unpaired) electrons. The fraction of sp³-hybridized carbons (Fsp3) is 1.00. The van der Waals surface area contributed by atoms with Crippen LogP contribution in [0.2, 0.25) is 6.04 Å². The van der Waals surface area contributed by atoms with Crippen molar-refractivity contribution in [3.05, 3.63) is 0 Å². The van der Waals surface area contributed by atoms with Crippen LogP contribution < -0.4 is 0 Å². The van der Waals surface area contributed by atoms with Crippen molar-refractivity contribution < 1.29 is 13.3 Å². The van der Waals surface area contributed by atoms with Crippen LogP contribution in [0.1, 0.15) is 125 Å². The minimum Gasteiger partial charge on any atom is -0.373 e. The van der Waals surface area contributed by atoms with E-state index in [-0.39, 0.29) is 0 Å². The molecular weight excluding hydrogens is 470 g/mol. The summed E-state index contributed by atoms with van der Waals surface area (Å²) in [5, 5.41) is 0. The second kappa shape index (κ2) is 24.7. The van der Waals surface area contributed by atoms with Crippen LogP contribution in [0, 0.1) is 11.8 Å². The molecule has 4 nitrogen and oxygen atoms in total. The van der Waals surface area contributed by atoms with Gasteiger partial charge in [-0.1, -0.05) is 92.9 Å². The molecule has 0 bridgehead atoms. The van der Waals surface area contributed by atoms with E-state index in [1.54, 1.807) is 0 Å². The van der Waals surface area contributed by atoms with Crippen molar-refractivity contribution in [2.24, 2.45) is 11.8 Å². The summed E-state index contributed by atoms with van der Waals surface area (Å²) in [6.45, 7) is 19.2. The van der Waals surface area contributed by atoms with E-state index in [0.717, 1.165) is 63.9 Å². The molecule has 0 spiro atoms. The molecule has 35 heavy (non-hydrogen) atoms. The van der Waals surface area contributed by atoms with Gasteiger partial charge in [-0.05, 0) is 62.8 Å². The number of hydrogen-bond acceptors (Lipinski definition) is 5. The van der Waals surface area contributed by atoms with Crippen molar-refractivity contribution in [3.8, 4) is 0 Å². The normalized spacial score (nSPS) is 15.4. The summed E-state index contributed by atoms with van der Waals surface area (Å²) in [5.41, 5.74) is 0. The maximum atomic E-state index is 6.77. The van der Waals surface area contributed by atoms with Gasteiger partial charge in [-0.3, -0.25) is 0 Å². The van der Waals surface area contributed by atoms with Gasteiger partial charge in [0.15, 0.2) is 0 Å². The summed E-state index contributed by atoms with van der Waals surface area (Å²) in [5.74, 6) is 2.04. The first-order valence-electron chi connectivity index (χ1n) is 15.3. The standard InChI is InChI=1S/C29H63NO3SSi/c1-7-13-18-28(11-5)26-32-35(25-17-24-34,33-27-29(12-6)19-14-8-2)31-23-22-30(20-15-9-3)21-16-10-4/h28-29,34H,7-27H2,1-6H3. The van der Waals surface area contributed by atoms with Crippen molar-refractivity contribution in [3.63, 3.8) is 0 Å². The molecule has 0 aliphatic rings. The summed E-state index contributed by atoms with van der Waals surface area (Å²) < 4.78 is 20.3. The van der Waals surface area contributed by atoms with Gasteiger partial charge in [0, 0.05) is 25.8 Å². The Morgan fingerprint density at radius 2 is 1.11 bits per heavy atom. The largest absolute Gasteiger partial charge is 0.501 e. The number of thiol groups is 1. The predicted molar refractivity (Wildman–Crippen MR) is 160 cm³/mol. The third kappa shape index (κ3) is 18.3. The fourth-order valence-electron chi connectivity index (χ4n) is 4.35. The molecule has 0 amide bonds. The van der Waals surface area contributed by atoms with Gasteiger partial charge in [0.2, 0.25) is 0 Å². The van der Waals surface area contributed by atoms with Crippen LogP contribution in [0.3, 0.4) is 0 Å². The fourth-order valence-corrected chi connectivity index (χ4v) is 7.48. The predicted octanol–water partition coefficient (Wildman–Crippen LogP) is 8.63. The van der Waals surface area contributed by atoms with Gasteiger partial charge in [0.25, 0.3) is 0 Å². The lowest BCUT2D eigenvalue weighted by Gasteiger charge is -2.33. The zero-order valence-corrected chi connectivity index (χ0v) is 26.5. The molecule has 0 saturated carbocycles. The molecule has 0 fully saturated rings. The van der Waals surface area contributed by atoms with Crippen molar-refractivity contribution in [2.45, 2.75) is 131 Å². The molecule has 0 N–H and O–H groups in total. The zero-order valence-electron chi connectivity index (χ0n) is 24.6. The Bertz CT molecular complexity index is 416. The van der Waals surface area contributed by atoms with E-state index in [0.29, 0.717) is 18.4 Å². The van der Waals surface area contributed by atoms with Gasteiger partial charge in [0.1, 0.15) is 0 Å². The Morgan fingerprint density at radius 3 is 1.51 bits per heavy atom. The molecule has 0 aromatic rings. The molecule has 0 heterocycles. The molecule has 0 aromatic carbocycles. The van der Waals surface area contributed by atoms with Gasteiger partial charge >= 0.3 is 8.80 Å². The Morgan fingerprint density at radius 1 is 0.629 bits per heavy atom. The average molecular weight is 534 g/mol. The summed E-state index contributed by atoms with van der Waals surface area (Å²) in [6.07, 6.45) is 15.8. The maximum absolute atomic E-state index is 6.77. The van der Waals surface area contributed by atoms with Crippen molar-refractivity contribution >= 4 is 21.4 Å². The third-order valence-electron chi connectivity index (χ3n) is 7.19. The summed E-state index contributed by atoms with van der Waals surface area (Å²) in [4.78, 5) is 2.58. The van der Waals surface area contributed by atoms with Crippen molar-refractivity contribution in [1.82, 2.24) is 4.90 Å². The van der Waals surface area contributed by atoms with E-state index < -0.39 is 8.80 Å². The lowest BCUT2D eigenvalue weighted by atomic mass is 10.0. The number of unbranched alkanes of at least 4 members (excludes halogenated alkanes) is 4. The van der Waals surface area contributed by atoms with Crippen LogP contribution in [0.25, 0.3) is 0 Å². The quantitative estimate of drug-likeness (QED) is 0.0845. The van der Waals surface area contributed by atoms with Crippen LogP contribution in [0.15, 0.2) is 0 Å². The van der Waals surface area contributed by atoms with Gasteiger partial charge in [-0.15, -0.1) is 0 Å². The first-order valence-corrected chi connectivity index (χ1v) is 17.9. The lowest BCUT2D eigenvalue weighted by Crippen LogP contribution is -2.49. The average Bonchev–Trinajstić information content (AvgIpc) is 2.88. The molecule has 212 valence electrons. The van der Waals surface area contributed by atoms with E-state index in [9.17, 15) is 0 Å². The molecule has 6 heteroatoms. The smallest absolute Gasteiger partial charge is 0.373 e. The summed E-state index contributed by atoms with van der Waals surface area (Å²) >= 11 is 4.53. The van der Waals surface area contributed by atoms with Crippen LogP contribution in [-0.4, -0.2) is 58.9 Å². The minimum absolute atomic E-state index is 0.595. The highest BCUT2D eigenvalue weighted by molar-refractivity contribution is 7.80. The number of nitrogens with zero attached hydrogens (tertiary/aromatic N) is 1. The highest BCUT2D eigenvalue weighted by Crippen LogP contribution is 2.25. The number of hydrogen-bond donors (Lipinski definition) is 1. The van der Waals surface area contributed by atoms with Gasteiger partial charge in [-0.2, -0.15) is 12.6 Å². The van der Waals surface area contributed by atoms with E-state index >= 15 is 0 Å². The van der Waals surface area contributed by atoms with Crippen molar-refractivity contribution in [1.29, 1.82) is 0 Å². The molecule has 0 saturated heterocycles. The second-order valence-corrected chi connectivity index (χ2v) is 13.5. The Balaban J connectivity index is 5.39. The molecule has 0 aliphatic heterocycles. The molecule has 2 unspecified atom stereocenters. The third-order valence-corrected chi connectivity index (χ3v) is 10.3. The van der Waals surface area contributed by atoms with Crippen molar-refractivity contribution in [2.75, 3.05) is 45.2 Å². The van der Waals surface area contributed by atoms with Crippen LogP contribution >= 0.6 is 12.6 Å². The van der Waals surface area contributed by atoms with E-state index in [1.165, 1.54) is 64.2 Å². The first kappa shape index (κ1) is 35.4. The van der Waals surface area contributed by atoms with Crippen LogP contribution in [0.5, 0.6) is 0 Å². The zero-order chi connectivity index (χ0) is 26.2. The van der Waals surface area contributed by atoms with Gasteiger partial charge in [0.05, 0.1) is 6.61 Å². The first-order chi connectivity index (χ1) is 17.0. The minimum atomic E-state index is -2.76. The van der Waals surface area contributed by atoms with Crippen LogP contribution in [-0.2, 0) is 13.3 Å². The van der Waals surface area contributed by atoms with Crippen LogP contribution in [0.4, 0.5) is 0 Å². The Labute approximate surface area is 227 Å². The molecular formula is C29H63NO3SSi. The summed E-state index contributed by atoms with van der Waals surface area (Å²) in [6, 6.07) is 0.884. The number of rotatable bonds is 27. The topological polar surface area (TPSA) is 30.9 Å². The SMILES string of the molecule is CCCCC(CC)CO[Si](CCCS)(OCCN(CCCC)CCCC)OCC(CC)CCCC. The van der Waals surface area contributed by atoms with E-state index in [1.807, 2.05) is 0 Å². The molecule has 2 atom stereocenters. The van der Waals surface area contributed by atoms with E-state index in [4.69, 9.17) is 13.3 Å². The molecule has 0 rings (SSSR count). The van der Waals surface area contributed by atoms with E-state index in [2.05, 4.69) is 59.1 Å². The monoisotopic (exact) mass is 533 g/mol. The summed E-state index contributed by atoms with van der Waals surface area (Å²) in [7, 11) is -2.76. The lowest BCUT2D eigenvalue weighted by molar-refractivity contribution is 0.0288. The molecule has 0 aliphatic carbocycles. The van der Waals surface area contributed by atoms with Gasteiger partial charge in [-0.25, -0.2) is 0 Å². The Kier molecular flexibility index (Phi) is 25.0. The van der Waals surface area contributed by atoms with Gasteiger partial charge < -0.3 is 18.2 Å². The highest BCUT2D eigenvalue weighted by atomic mass is 32.1.